The number of nitrogens with one attached hydrogen (secondary N) is 2. The maximum atomic E-state index is 12.1. The predicted molar refractivity (Wildman–Crippen MR) is 106 cm³/mol. The maximum Gasteiger partial charge on any atom is 0.314 e. The highest BCUT2D eigenvalue weighted by molar-refractivity contribution is 5.74. The normalized spacial score (nSPS) is 18.1. The standard InChI is InChI=1S/C21H32N2O5/c1-25-17-9-8-15(12-18(17)28-16-6-4-5-7-16)21(10-11-21)14-23-20(24)22-13-19(26-2)27-3/h8-9,12,16,19H,4-7,10-11,13-14H2,1-3H3,(H2,22,23,24). The topological polar surface area (TPSA) is 78.1 Å². The van der Waals surface area contributed by atoms with Crippen LogP contribution in [0.2, 0.25) is 0 Å². The van der Waals surface area contributed by atoms with Gasteiger partial charge in [-0.15, -0.1) is 0 Å². The van der Waals surface area contributed by atoms with E-state index < -0.39 is 6.29 Å². The van der Waals surface area contributed by atoms with Gasteiger partial charge in [-0.25, -0.2) is 4.79 Å². The van der Waals surface area contributed by atoms with Gasteiger partial charge in [0.15, 0.2) is 17.8 Å². The van der Waals surface area contributed by atoms with E-state index >= 15 is 0 Å². The summed E-state index contributed by atoms with van der Waals surface area (Å²) in [4.78, 5) is 12.1. The number of rotatable bonds is 10. The minimum absolute atomic E-state index is 0.0285. The SMILES string of the molecule is COc1ccc(C2(CNC(=O)NCC(OC)OC)CC2)cc1OC1CCCC1. The molecule has 1 aromatic carbocycles. The lowest BCUT2D eigenvalue weighted by Crippen LogP contribution is -2.43. The van der Waals surface area contributed by atoms with Gasteiger partial charge in [0.05, 0.1) is 19.8 Å². The van der Waals surface area contributed by atoms with E-state index in [-0.39, 0.29) is 17.6 Å². The first-order chi connectivity index (χ1) is 13.6. The average Bonchev–Trinajstić information content (AvgIpc) is 3.34. The smallest absolute Gasteiger partial charge is 0.314 e. The Balaban J connectivity index is 1.59. The van der Waals surface area contributed by atoms with Gasteiger partial charge in [-0.05, 0) is 56.2 Å². The van der Waals surface area contributed by atoms with Crippen molar-refractivity contribution in [3.8, 4) is 11.5 Å². The van der Waals surface area contributed by atoms with Crippen LogP contribution in [0.1, 0.15) is 44.1 Å². The van der Waals surface area contributed by atoms with Gasteiger partial charge in [-0.3, -0.25) is 0 Å². The van der Waals surface area contributed by atoms with E-state index in [1.165, 1.54) is 18.4 Å². The van der Waals surface area contributed by atoms with Gasteiger partial charge in [0.1, 0.15) is 0 Å². The molecule has 0 bridgehead atoms. The molecule has 2 saturated carbocycles. The summed E-state index contributed by atoms with van der Waals surface area (Å²) in [6.45, 7) is 0.881. The van der Waals surface area contributed by atoms with Crippen molar-refractivity contribution in [2.75, 3.05) is 34.4 Å². The Bertz CT molecular complexity index is 652. The molecule has 2 fully saturated rings. The van der Waals surface area contributed by atoms with E-state index in [0.717, 1.165) is 37.2 Å². The lowest BCUT2D eigenvalue weighted by atomic mass is 9.95. The third-order valence-electron chi connectivity index (χ3n) is 5.77. The number of carbonyl (C=O) groups is 1. The van der Waals surface area contributed by atoms with Gasteiger partial charge < -0.3 is 29.6 Å². The number of ether oxygens (including phenoxy) is 4. The molecule has 7 heteroatoms. The van der Waals surface area contributed by atoms with Gasteiger partial charge in [-0.1, -0.05) is 6.07 Å². The number of carbonyl (C=O) groups excluding carboxylic acids is 1. The Morgan fingerprint density at radius 2 is 1.82 bits per heavy atom. The molecule has 1 aromatic rings. The van der Waals surface area contributed by atoms with Crippen LogP contribution in [-0.2, 0) is 14.9 Å². The van der Waals surface area contributed by atoms with Crippen LogP contribution in [-0.4, -0.2) is 52.8 Å². The molecule has 2 aliphatic rings. The molecular formula is C21H32N2O5. The van der Waals surface area contributed by atoms with Gasteiger partial charge in [0.25, 0.3) is 0 Å². The Morgan fingerprint density at radius 3 is 2.43 bits per heavy atom. The number of hydrogen-bond acceptors (Lipinski definition) is 5. The number of amides is 2. The van der Waals surface area contributed by atoms with Crippen LogP contribution in [0.25, 0.3) is 0 Å². The molecule has 0 atom stereocenters. The summed E-state index contributed by atoms with van der Waals surface area (Å²) in [6.07, 6.45) is 6.57. The van der Waals surface area contributed by atoms with E-state index in [2.05, 4.69) is 22.8 Å². The zero-order valence-corrected chi connectivity index (χ0v) is 17.1. The summed E-state index contributed by atoms with van der Waals surface area (Å²) in [7, 11) is 4.76. The van der Waals surface area contributed by atoms with Crippen molar-refractivity contribution in [2.45, 2.75) is 56.3 Å². The molecule has 0 aromatic heterocycles. The van der Waals surface area contributed by atoms with E-state index in [0.29, 0.717) is 13.1 Å². The van der Waals surface area contributed by atoms with Crippen molar-refractivity contribution in [2.24, 2.45) is 0 Å². The highest BCUT2D eigenvalue weighted by atomic mass is 16.7. The van der Waals surface area contributed by atoms with Gasteiger partial charge in [-0.2, -0.15) is 0 Å². The first kappa shape index (κ1) is 20.7. The summed E-state index contributed by atoms with van der Waals surface area (Å²) in [5.74, 6) is 1.58. The number of methoxy groups -OCH3 is 3. The summed E-state index contributed by atoms with van der Waals surface area (Å²) < 4.78 is 21.9. The molecule has 0 aliphatic heterocycles. The average molecular weight is 392 g/mol. The van der Waals surface area contributed by atoms with Crippen molar-refractivity contribution < 1.29 is 23.7 Å². The van der Waals surface area contributed by atoms with Crippen molar-refractivity contribution in [1.29, 1.82) is 0 Å². The number of benzene rings is 1. The van der Waals surface area contributed by atoms with Crippen LogP contribution in [0.3, 0.4) is 0 Å². The van der Waals surface area contributed by atoms with E-state index in [9.17, 15) is 4.79 Å². The van der Waals surface area contributed by atoms with E-state index in [1.807, 2.05) is 6.07 Å². The van der Waals surface area contributed by atoms with Gasteiger partial charge in [0.2, 0.25) is 0 Å². The van der Waals surface area contributed by atoms with Crippen LogP contribution in [0.5, 0.6) is 11.5 Å². The lowest BCUT2D eigenvalue weighted by Gasteiger charge is -2.21. The second kappa shape index (κ2) is 9.47. The van der Waals surface area contributed by atoms with E-state index in [4.69, 9.17) is 18.9 Å². The van der Waals surface area contributed by atoms with Gasteiger partial charge >= 0.3 is 6.03 Å². The van der Waals surface area contributed by atoms with Crippen molar-refractivity contribution in [1.82, 2.24) is 10.6 Å². The fourth-order valence-corrected chi connectivity index (χ4v) is 3.75. The quantitative estimate of drug-likeness (QED) is 0.599. The summed E-state index contributed by atoms with van der Waals surface area (Å²) in [6, 6.07) is 5.93. The molecule has 2 aliphatic carbocycles. The van der Waals surface area contributed by atoms with Crippen molar-refractivity contribution in [3.05, 3.63) is 23.8 Å². The highest BCUT2D eigenvalue weighted by Crippen LogP contribution is 2.49. The Labute approximate surface area is 167 Å². The monoisotopic (exact) mass is 392 g/mol. The molecular weight excluding hydrogens is 360 g/mol. The second-order valence-corrected chi connectivity index (χ2v) is 7.63. The lowest BCUT2D eigenvalue weighted by molar-refractivity contribution is -0.0971. The zero-order chi connectivity index (χ0) is 20.0. The molecule has 2 amide bonds. The van der Waals surface area contributed by atoms with Crippen molar-refractivity contribution in [3.63, 3.8) is 0 Å². The minimum Gasteiger partial charge on any atom is -0.493 e. The molecule has 3 rings (SSSR count). The van der Waals surface area contributed by atoms with Crippen LogP contribution < -0.4 is 20.1 Å². The summed E-state index contributed by atoms with van der Waals surface area (Å²) in [5, 5.41) is 5.74. The molecule has 2 N–H and O–H groups in total. The van der Waals surface area contributed by atoms with Gasteiger partial charge in [0, 0.05) is 26.2 Å². The summed E-state index contributed by atoms with van der Waals surface area (Å²) in [5.41, 5.74) is 1.16. The van der Waals surface area contributed by atoms with Crippen molar-refractivity contribution >= 4 is 6.03 Å². The fraction of sp³-hybridized carbons (Fsp3) is 0.667. The fourth-order valence-electron chi connectivity index (χ4n) is 3.75. The second-order valence-electron chi connectivity index (χ2n) is 7.63. The zero-order valence-electron chi connectivity index (χ0n) is 17.1. The Kier molecular flexibility index (Phi) is 7.02. The van der Waals surface area contributed by atoms with Crippen LogP contribution in [0.4, 0.5) is 4.79 Å². The maximum absolute atomic E-state index is 12.1. The molecule has 0 radical (unpaired) electrons. The van der Waals surface area contributed by atoms with Crippen LogP contribution in [0.15, 0.2) is 18.2 Å². The molecule has 0 heterocycles. The summed E-state index contributed by atoms with van der Waals surface area (Å²) >= 11 is 0. The Morgan fingerprint density at radius 1 is 1.11 bits per heavy atom. The third kappa shape index (κ3) is 5.08. The third-order valence-corrected chi connectivity index (χ3v) is 5.77. The van der Waals surface area contributed by atoms with Crippen LogP contribution in [0, 0.1) is 0 Å². The molecule has 28 heavy (non-hydrogen) atoms. The molecule has 0 spiro atoms. The first-order valence-corrected chi connectivity index (χ1v) is 10.0. The molecule has 7 nitrogen and oxygen atoms in total. The largest absolute Gasteiger partial charge is 0.493 e. The highest BCUT2D eigenvalue weighted by Gasteiger charge is 2.45. The number of urea groups is 1. The molecule has 0 saturated heterocycles. The number of hydrogen-bond donors (Lipinski definition) is 2. The minimum atomic E-state index is -0.447. The van der Waals surface area contributed by atoms with E-state index in [1.54, 1.807) is 21.3 Å². The van der Waals surface area contributed by atoms with Crippen LogP contribution >= 0.6 is 0 Å². The Hall–Kier alpha value is -1.99. The predicted octanol–water partition coefficient (Wildman–Crippen LogP) is 2.97. The molecule has 0 unspecified atom stereocenters. The molecule has 156 valence electrons. The first-order valence-electron chi connectivity index (χ1n) is 10.0.